The first kappa shape index (κ1) is 11.6. The highest BCUT2D eigenvalue weighted by Crippen LogP contribution is 2.21. The summed E-state index contributed by atoms with van der Waals surface area (Å²) in [5.74, 6) is 5.05. The summed E-state index contributed by atoms with van der Waals surface area (Å²) < 4.78 is 18.3. The molecule has 3 N–H and O–H groups in total. The number of hydrogen-bond acceptors (Lipinski definition) is 3. The van der Waals surface area contributed by atoms with Gasteiger partial charge in [0.25, 0.3) is 0 Å². The van der Waals surface area contributed by atoms with Crippen molar-refractivity contribution in [1.29, 1.82) is 0 Å². The van der Waals surface area contributed by atoms with E-state index in [1.54, 1.807) is 19.2 Å². The molecule has 1 aromatic carbocycles. The zero-order valence-corrected chi connectivity index (χ0v) is 9.34. The third kappa shape index (κ3) is 2.75. The molecule has 1 unspecified atom stereocenters. The van der Waals surface area contributed by atoms with Crippen molar-refractivity contribution in [3.8, 4) is 0 Å². The van der Waals surface area contributed by atoms with Crippen molar-refractivity contribution >= 4 is 15.9 Å². The van der Waals surface area contributed by atoms with E-state index in [1.807, 2.05) is 0 Å². The minimum atomic E-state index is -0.290. The average Bonchev–Trinajstić information content (AvgIpc) is 2.19. The molecule has 5 heteroatoms. The van der Waals surface area contributed by atoms with Crippen LogP contribution in [0, 0.1) is 5.82 Å². The molecule has 1 atom stereocenters. The highest BCUT2D eigenvalue weighted by Gasteiger charge is 2.10. The Morgan fingerprint density at radius 1 is 1.64 bits per heavy atom. The number of halogens is 2. The van der Waals surface area contributed by atoms with Crippen LogP contribution in [0.4, 0.5) is 4.39 Å². The smallest absolute Gasteiger partial charge is 0.137 e. The monoisotopic (exact) mass is 262 g/mol. The number of ether oxygens (including phenoxy) is 1. The largest absolute Gasteiger partial charge is 0.383 e. The fourth-order valence-electron chi connectivity index (χ4n) is 1.14. The summed E-state index contributed by atoms with van der Waals surface area (Å²) in [6, 6.07) is 4.61. The zero-order valence-electron chi connectivity index (χ0n) is 7.76. The molecule has 0 fully saturated rings. The van der Waals surface area contributed by atoms with E-state index in [2.05, 4.69) is 21.4 Å². The number of nitrogens with two attached hydrogens (primary N) is 1. The molecule has 0 heterocycles. The molecular formula is C9H12BrFN2O. The van der Waals surface area contributed by atoms with Crippen molar-refractivity contribution in [3.63, 3.8) is 0 Å². The lowest BCUT2D eigenvalue weighted by Gasteiger charge is -2.15. The molecule has 0 aliphatic rings. The second-order valence-electron chi connectivity index (χ2n) is 2.85. The summed E-state index contributed by atoms with van der Waals surface area (Å²) in [7, 11) is 1.59. The Morgan fingerprint density at radius 3 is 2.86 bits per heavy atom. The molecule has 0 aliphatic carbocycles. The third-order valence-electron chi connectivity index (χ3n) is 1.88. The summed E-state index contributed by atoms with van der Waals surface area (Å²) in [4.78, 5) is 0. The van der Waals surface area contributed by atoms with E-state index in [9.17, 15) is 4.39 Å². The van der Waals surface area contributed by atoms with Gasteiger partial charge in [-0.2, -0.15) is 0 Å². The van der Waals surface area contributed by atoms with Crippen molar-refractivity contribution < 1.29 is 9.13 Å². The number of nitrogens with one attached hydrogen (secondary N) is 1. The molecule has 0 spiro atoms. The Balaban J connectivity index is 2.88. The first-order valence-electron chi connectivity index (χ1n) is 4.09. The predicted octanol–water partition coefficient (Wildman–Crippen LogP) is 1.74. The van der Waals surface area contributed by atoms with Crippen molar-refractivity contribution in [2.75, 3.05) is 13.7 Å². The quantitative estimate of drug-likeness (QED) is 0.642. The molecule has 1 aromatic rings. The van der Waals surface area contributed by atoms with Gasteiger partial charge in [0.1, 0.15) is 5.82 Å². The number of rotatable bonds is 4. The van der Waals surface area contributed by atoms with Crippen LogP contribution < -0.4 is 11.3 Å². The van der Waals surface area contributed by atoms with E-state index >= 15 is 0 Å². The lowest BCUT2D eigenvalue weighted by atomic mass is 10.1. The molecule has 0 amide bonds. The van der Waals surface area contributed by atoms with Gasteiger partial charge in [-0.05, 0) is 33.6 Å². The topological polar surface area (TPSA) is 47.3 Å². The summed E-state index contributed by atoms with van der Waals surface area (Å²) in [6.07, 6.45) is 0. The number of methoxy groups -OCH3 is 1. The molecule has 0 saturated heterocycles. The van der Waals surface area contributed by atoms with Crippen LogP contribution in [0.25, 0.3) is 0 Å². The van der Waals surface area contributed by atoms with Crippen molar-refractivity contribution in [3.05, 3.63) is 34.1 Å². The second-order valence-corrected chi connectivity index (χ2v) is 3.70. The normalized spacial score (nSPS) is 12.9. The minimum absolute atomic E-state index is 0.128. The third-order valence-corrected chi connectivity index (χ3v) is 2.49. The average molecular weight is 263 g/mol. The molecule has 0 aliphatic heterocycles. The van der Waals surface area contributed by atoms with Gasteiger partial charge in [-0.3, -0.25) is 11.3 Å². The maximum absolute atomic E-state index is 12.9. The first-order chi connectivity index (χ1) is 6.69. The van der Waals surface area contributed by atoms with Crippen molar-refractivity contribution in [2.45, 2.75) is 6.04 Å². The maximum Gasteiger partial charge on any atom is 0.137 e. The predicted molar refractivity (Wildman–Crippen MR) is 56.0 cm³/mol. The van der Waals surface area contributed by atoms with E-state index in [1.165, 1.54) is 6.07 Å². The summed E-state index contributed by atoms with van der Waals surface area (Å²) >= 11 is 3.11. The SMILES string of the molecule is COCC(NN)c1ccc(F)c(Br)c1. The van der Waals surface area contributed by atoms with Crippen LogP contribution in [0.15, 0.2) is 22.7 Å². The Labute approximate surface area is 90.5 Å². The zero-order chi connectivity index (χ0) is 10.6. The summed E-state index contributed by atoms with van der Waals surface area (Å²) in [5.41, 5.74) is 3.48. The lowest BCUT2D eigenvalue weighted by molar-refractivity contribution is 0.167. The summed E-state index contributed by atoms with van der Waals surface area (Å²) in [6.45, 7) is 0.439. The van der Waals surface area contributed by atoms with Gasteiger partial charge < -0.3 is 4.74 Å². The highest BCUT2D eigenvalue weighted by atomic mass is 79.9. The van der Waals surface area contributed by atoms with E-state index in [-0.39, 0.29) is 11.9 Å². The fraction of sp³-hybridized carbons (Fsp3) is 0.333. The van der Waals surface area contributed by atoms with E-state index in [0.717, 1.165) is 5.56 Å². The van der Waals surface area contributed by atoms with Crippen LogP contribution in [-0.2, 0) is 4.74 Å². The summed E-state index contributed by atoms with van der Waals surface area (Å²) in [5, 5.41) is 0. The lowest BCUT2D eigenvalue weighted by Crippen LogP contribution is -2.31. The van der Waals surface area contributed by atoms with Crippen molar-refractivity contribution in [1.82, 2.24) is 5.43 Å². The number of hydrogen-bond donors (Lipinski definition) is 2. The van der Waals surface area contributed by atoms with Crippen LogP contribution >= 0.6 is 15.9 Å². The van der Waals surface area contributed by atoms with Crippen molar-refractivity contribution in [2.24, 2.45) is 5.84 Å². The van der Waals surface area contributed by atoms with E-state index in [0.29, 0.717) is 11.1 Å². The van der Waals surface area contributed by atoms with E-state index in [4.69, 9.17) is 10.6 Å². The van der Waals surface area contributed by atoms with Gasteiger partial charge >= 0.3 is 0 Å². The van der Waals surface area contributed by atoms with Gasteiger partial charge in [-0.25, -0.2) is 4.39 Å². The van der Waals surface area contributed by atoms with Gasteiger partial charge in [0.15, 0.2) is 0 Å². The number of benzene rings is 1. The Bertz CT molecular complexity index is 309. The van der Waals surface area contributed by atoms with Gasteiger partial charge in [-0.1, -0.05) is 6.07 Å². The minimum Gasteiger partial charge on any atom is -0.383 e. The van der Waals surface area contributed by atoms with Crippen LogP contribution in [0.3, 0.4) is 0 Å². The standard InChI is InChI=1S/C9H12BrFN2O/c1-14-5-9(13-12)6-2-3-8(11)7(10)4-6/h2-4,9,13H,5,12H2,1H3. The Morgan fingerprint density at radius 2 is 2.36 bits per heavy atom. The van der Waals surface area contributed by atoms with Crippen LogP contribution in [-0.4, -0.2) is 13.7 Å². The molecule has 0 saturated carbocycles. The van der Waals surface area contributed by atoms with Gasteiger partial charge in [0.05, 0.1) is 17.1 Å². The van der Waals surface area contributed by atoms with Gasteiger partial charge in [0, 0.05) is 7.11 Å². The first-order valence-corrected chi connectivity index (χ1v) is 4.88. The molecule has 0 radical (unpaired) electrons. The molecular weight excluding hydrogens is 251 g/mol. The molecule has 78 valence electrons. The van der Waals surface area contributed by atoms with Crippen LogP contribution in [0.2, 0.25) is 0 Å². The second kappa shape index (κ2) is 5.41. The van der Waals surface area contributed by atoms with Crippen LogP contribution in [0.1, 0.15) is 11.6 Å². The maximum atomic E-state index is 12.9. The number of hydrazine groups is 1. The molecule has 14 heavy (non-hydrogen) atoms. The molecule has 0 bridgehead atoms. The fourth-order valence-corrected chi connectivity index (χ4v) is 1.53. The van der Waals surface area contributed by atoms with Crippen LogP contribution in [0.5, 0.6) is 0 Å². The Hall–Kier alpha value is -0.490. The van der Waals surface area contributed by atoms with Gasteiger partial charge in [0.2, 0.25) is 0 Å². The molecule has 1 rings (SSSR count). The van der Waals surface area contributed by atoms with Gasteiger partial charge in [-0.15, -0.1) is 0 Å². The molecule has 0 aromatic heterocycles. The Kier molecular flexibility index (Phi) is 4.47. The van der Waals surface area contributed by atoms with E-state index < -0.39 is 0 Å². The highest BCUT2D eigenvalue weighted by molar-refractivity contribution is 9.10. The molecule has 3 nitrogen and oxygen atoms in total.